The summed E-state index contributed by atoms with van der Waals surface area (Å²) in [5, 5.41) is 0. The number of ether oxygens (including phenoxy) is 3. The Bertz CT molecular complexity index is 42.9. The van der Waals surface area contributed by atoms with Crippen molar-refractivity contribution in [3.63, 3.8) is 0 Å². The van der Waals surface area contributed by atoms with E-state index < -0.39 is 0 Å². The lowest BCUT2D eigenvalue weighted by molar-refractivity contribution is -0.133. The molecule has 3 nitrogen and oxygen atoms in total. The van der Waals surface area contributed by atoms with Crippen LogP contribution in [-0.2, 0) is 14.2 Å². The van der Waals surface area contributed by atoms with Crippen LogP contribution < -0.4 is 0 Å². The van der Waals surface area contributed by atoms with E-state index in [0.29, 0.717) is 6.61 Å². The molecule has 3 heteroatoms. The summed E-state index contributed by atoms with van der Waals surface area (Å²) < 4.78 is 14.3. The van der Waals surface area contributed by atoms with Crippen LogP contribution in [0.3, 0.4) is 0 Å². The molecule has 0 atom stereocenters. The van der Waals surface area contributed by atoms with E-state index in [4.69, 9.17) is 14.2 Å². The molecule has 0 aliphatic carbocycles. The molecule has 0 fully saturated rings. The first-order valence-corrected chi connectivity index (χ1v) is 2.39. The Morgan fingerprint density at radius 3 is 1.75 bits per heavy atom. The summed E-state index contributed by atoms with van der Waals surface area (Å²) in [7, 11) is 4.76. The third-order valence-electron chi connectivity index (χ3n) is 0.829. The standard InChI is InChI=1S/C5H12O3/c1-6-4-5(7-2)8-3/h5H,4H2,1-3H3. The highest BCUT2D eigenvalue weighted by Gasteiger charge is 2.00. The predicted octanol–water partition coefficient (Wildman–Crippen LogP) is 0.252. The summed E-state index contributed by atoms with van der Waals surface area (Å²) >= 11 is 0. The van der Waals surface area contributed by atoms with E-state index >= 15 is 0 Å². The average molecular weight is 120 g/mol. The zero-order chi connectivity index (χ0) is 6.41. The Morgan fingerprint density at radius 2 is 1.62 bits per heavy atom. The van der Waals surface area contributed by atoms with E-state index in [0.717, 1.165) is 0 Å². The van der Waals surface area contributed by atoms with Crippen molar-refractivity contribution in [1.29, 1.82) is 0 Å². The van der Waals surface area contributed by atoms with Gasteiger partial charge in [-0.2, -0.15) is 0 Å². The fraction of sp³-hybridized carbons (Fsp3) is 1.00. The maximum Gasteiger partial charge on any atom is 0.180 e. The van der Waals surface area contributed by atoms with Crippen LogP contribution in [0.15, 0.2) is 0 Å². The minimum absolute atomic E-state index is 0.222. The van der Waals surface area contributed by atoms with Gasteiger partial charge in [-0.3, -0.25) is 0 Å². The highest BCUT2D eigenvalue weighted by molar-refractivity contribution is 4.33. The molecule has 0 aromatic carbocycles. The van der Waals surface area contributed by atoms with Gasteiger partial charge in [-0.1, -0.05) is 0 Å². The van der Waals surface area contributed by atoms with Gasteiger partial charge in [0.1, 0.15) is 0 Å². The highest BCUT2D eigenvalue weighted by Crippen LogP contribution is 1.88. The van der Waals surface area contributed by atoms with Gasteiger partial charge in [-0.25, -0.2) is 0 Å². The molecule has 0 bridgehead atoms. The van der Waals surface area contributed by atoms with Crippen LogP contribution in [0.1, 0.15) is 0 Å². The van der Waals surface area contributed by atoms with Crippen molar-refractivity contribution in [2.75, 3.05) is 27.9 Å². The van der Waals surface area contributed by atoms with E-state index in [2.05, 4.69) is 0 Å². The van der Waals surface area contributed by atoms with Crippen molar-refractivity contribution in [1.82, 2.24) is 0 Å². The lowest BCUT2D eigenvalue weighted by Crippen LogP contribution is -2.18. The van der Waals surface area contributed by atoms with Gasteiger partial charge in [0, 0.05) is 21.3 Å². The van der Waals surface area contributed by atoms with Crippen LogP contribution in [0.25, 0.3) is 0 Å². The lowest BCUT2D eigenvalue weighted by Gasteiger charge is -2.10. The van der Waals surface area contributed by atoms with E-state index in [-0.39, 0.29) is 6.29 Å². The number of hydrogen-bond acceptors (Lipinski definition) is 3. The molecule has 0 aromatic heterocycles. The normalized spacial score (nSPS) is 10.5. The van der Waals surface area contributed by atoms with E-state index in [1.165, 1.54) is 0 Å². The van der Waals surface area contributed by atoms with Crippen molar-refractivity contribution in [3.05, 3.63) is 0 Å². The van der Waals surface area contributed by atoms with Crippen molar-refractivity contribution < 1.29 is 14.2 Å². The zero-order valence-corrected chi connectivity index (χ0v) is 5.51. The van der Waals surface area contributed by atoms with Gasteiger partial charge in [0.05, 0.1) is 6.61 Å². The van der Waals surface area contributed by atoms with Crippen molar-refractivity contribution in [3.8, 4) is 0 Å². The van der Waals surface area contributed by atoms with Gasteiger partial charge in [0.15, 0.2) is 6.29 Å². The number of methoxy groups -OCH3 is 3. The minimum Gasteiger partial charge on any atom is -0.379 e. The largest absolute Gasteiger partial charge is 0.379 e. The van der Waals surface area contributed by atoms with Gasteiger partial charge in [-0.15, -0.1) is 0 Å². The average Bonchev–Trinajstić information content (AvgIpc) is 1.83. The maximum atomic E-state index is 4.79. The molecule has 0 saturated carbocycles. The van der Waals surface area contributed by atoms with E-state index in [1.54, 1.807) is 21.3 Å². The Kier molecular flexibility index (Phi) is 4.95. The zero-order valence-electron chi connectivity index (χ0n) is 5.51. The predicted molar refractivity (Wildman–Crippen MR) is 29.7 cm³/mol. The third-order valence-corrected chi connectivity index (χ3v) is 0.829. The van der Waals surface area contributed by atoms with Crippen LogP contribution in [-0.4, -0.2) is 34.2 Å². The molecule has 0 N–H and O–H groups in total. The van der Waals surface area contributed by atoms with E-state index in [9.17, 15) is 0 Å². The second kappa shape index (κ2) is 5.03. The molecule has 0 saturated heterocycles. The molecular weight excluding hydrogens is 108 g/mol. The van der Waals surface area contributed by atoms with Crippen LogP contribution in [0.2, 0.25) is 0 Å². The molecule has 0 radical (unpaired) electrons. The van der Waals surface area contributed by atoms with Gasteiger partial charge in [-0.05, 0) is 0 Å². The Morgan fingerprint density at radius 1 is 1.12 bits per heavy atom. The molecule has 0 spiro atoms. The molecule has 0 aliphatic rings. The second-order valence-corrected chi connectivity index (χ2v) is 1.36. The molecular formula is C5H12O3. The Balaban J connectivity index is 3.07. The summed E-state index contributed by atoms with van der Waals surface area (Å²) in [6.07, 6.45) is -0.222. The summed E-state index contributed by atoms with van der Waals surface area (Å²) in [4.78, 5) is 0. The van der Waals surface area contributed by atoms with E-state index in [1.807, 2.05) is 0 Å². The quantitative estimate of drug-likeness (QED) is 0.498. The fourth-order valence-electron chi connectivity index (χ4n) is 0.368. The van der Waals surface area contributed by atoms with Crippen molar-refractivity contribution in [2.24, 2.45) is 0 Å². The van der Waals surface area contributed by atoms with Gasteiger partial charge in [0.2, 0.25) is 0 Å². The molecule has 0 aliphatic heterocycles. The van der Waals surface area contributed by atoms with Crippen LogP contribution in [0.5, 0.6) is 0 Å². The Labute approximate surface area is 49.5 Å². The molecule has 50 valence electrons. The van der Waals surface area contributed by atoms with Crippen molar-refractivity contribution >= 4 is 0 Å². The minimum atomic E-state index is -0.222. The molecule has 0 amide bonds. The summed E-state index contributed by atoms with van der Waals surface area (Å²) in [5.41, 5.74) is 0. The van der Waals surface area contributed by atoms with Crippen LogP contribution in [0, 0.1) is 0 Å². The first kappa shape index (κ1) is 7.88. The second-order valence-electron chi connectivity index (χ2n) is 1.36. The summed E-state index contributed by atoms with van der Waals surface area (Å²) in [5.74, 6) is 0. The van der Waals surface area contributed by atoms with Crippen LogP contribution in [0.4, 0.5) is 0 Å². The number of hydrogen-bond donors (Lipinski definition) is 0. The highest BCUT2D eigenvalue weighted by atomic mass is 16.7. The molecule has 0 unspecified atom stereocenters. The topological polar surface area (TPSA) is 27.7 Å². The molecule has 8 heavy (non-hydrogen) atoms. The SMILES string of the molecule is COCC(OC)OC. The first-order chi connectivity index (χ1) is 3.85. The summed E-state index contributed by atoms with van der Waals surface area (Å²) in [6.45, 7) is 0.479. The Hall–Kier alpha value is -0.120. The molecule has 0 heterocycles. The van der Waals surface area contributed by atoms with Crippen LogP contribution >= 0.6 is 0 Å². The smallest absolute Gasteiger partial charge is 0.180 e. The monoisotopic (exact) mass is 120 g/mol. The van der Waals surface area contributed by atoms with Gasteiger partial charge < -0.3 is 14.2 Å². The number of rotatable bonds is 4. The molecule has 0 aromatic rings. The van der Waals surface area contributed by atoms with Gasteiger partial charge >= 0.3 is 0 Å². The van der Waals surface area contributed by atoms with Gasteiger partial charge in [0.25, 0.3) is 0 Å². The maximum absolute atomic E-state index is 4.79. The lowest BCUT2D eigenvalue weighted by atomic mass is 10.7. The van der Waals surface area contributed by atoms with Crippen molar-refractivity contribution in [2.45, 2.75) is 6.29 Å². The first-order valence-electron chi connectivity index (χ1n) is 2.39. The fourth-order valence-corrected chi connectivity index (χ4v) is 0.368. The molecule has 0 rings (SSSR count). The summed E-state index contributed by atoms with van der Waals surface area (Å²) in [6, 6.07) is 0. The third kappa shape index (κ3) is 2.96.